The summed E-state index contributed by atoms with van der Waals surface area (Å²) in [5.41, 5.74) is 0. The number of hydrogen-bond acceptors (Lipinski definition) is 5. The fourth-order valence-corrected chi connectivity index (χ4v) is 8.33. The van der Waals surface area contributed by atoms with E-state index in [0.29, 0.717) is 6.42 Å². The minimum absolute atomic E-state index is 0.131. The van der Waals surface area contributed by atoms with Crippen LogP contribution in [0.2, 0.25) is 0 Å². The molecule has 0 atom stereocenters. The third-order valence-corrected chi connectivity index (χ3v) is 10.2. The maximum Gasteiger partial charge on any atom is 0.466 e. The van der Waals surface area contributed by atoms with Crippen LogP contribution in [0.3, 0.4) is 0 Å². The number of esters is 1. The van der Waals surface area contributed by atoms with Gasteiger partial charge in [0.2, 0.25) is 0 Å². The molecule has 0 aliphatic carbocycles. The van der Waals surface area contributed by atoms with Crippen molar-refractivity contribution in [2.24, 2.45) is 0 Å². The third-order valence-electron chi connectivity index (χ3n) is 4.80. The number of unbranched alkanes of at least 4 members (excludes halogenated alkanes) is 1. The van der Waals surface area contributed by atoms with E-state index in [1.165, 1.54) is 36.4 Å². The van der Waals surface area contributed by atoms with Crippen LogP contribution in [0.4, 0.5) is 13.2 Å². The largest absolute Gasteiger partial charge is 0.466 e. The maximum absolute atomic E-state index is 15.0. The Kier molecular flexibility index (Phi) is 8.87. The summed E-state index contributed by atoms with van der Waals surface area (Å²) in [5.74, 6) is -2.63. The number of halogens is 4. The molecule has 0 aromatic heterocycles. The quantitative estimate of drug-likeness (QED) is 0.155. The Bertz CT molecular complexity index is 1190. The highest BCUT2D eigenvalue weighted by Gasteiger charge is 2.58. The second-order valence-electron chi connectivity index (χ2n) is 7.21. The molecule has 3 rings (SSSR count). The summed E-state index contributed by atoms with van der Waals surface area (Å²) in [6, 6.07) is 20.4. The van der Waals surface area contributed by atoms with Crippen LogP contribution in [0, 0.1) is 5.82 Å². The number of ether oxygens (including phenoxy) is 1. The molecule has 0 spiro atoms. The fourth-order valence-electron chi connectivity index (χ4n) is 3.10. The van der Waals surface area contributed by atoms with E-state index in [2.05, 4.69) is 4.74 Å². The molecular weight excluding hydrogens is 525 g/mol. The predicted molar refractivity (Wildman–Crippen MR) is 128 cm³/mol. The van der Waals surface area contributed by atoms with Crippen molar-refractivity contribution in [1.29, 1.82) is 0 Å². The fraction of sp³-hybridized carbons (Fsp3) is 0.208. The van der Waals surface area contributed by atoms with Crippen LogP contribution in [0.15, 0.2) is 99.6 Å². The molecule has 0 heterocycles. The number of alkyl halides is 3. The second-order valence-corrected chi connectivity index (χ2v) is 12.1. The van der Waals surface area contributed by atoms with Crippen molar-refractivity contribution in [3.05, 3.63) is 90.7 Å². The molecule has 0 saturated heterocycles. The van der Waals surface area contributed by atoms with Gasteiger partial charge in [-0.05, 0) is 71.7 Å². The van der Waals surface area contributed by atoms with Crippen LogP contribution in [0.5, 0.6) is 0 Å². The first-order valence-corrected chi connectivity index (χ1v) is 13.9. The van der Waals surface area contributed by atoms with Crippen LogP contribution in [-0.2, 0) is 23.3 Å². The zero-order chi connectivity index (χ0) is 25.5. The highest BCUT2D eigenvalue weighted by atomic mass is 35.5. The Morgan fingerprint density at radius 1 is 0.800 bits per heavy atom. The number of carbonyl (C=O) groups excluding carboxylic acids is 1. The van der Waals surface area contributed by atoms with Crippen molar-refractivity contribution in [3.8, 4) is 0 Å². The van der Waals surface area contributed by atoms with Gasteiger partial charge >= 0.3 is 21.3 Å². The molecule has 0 aliphatic rings. The molecule has 0 aliphatic heterocycles. The lowest BCUT2D eigenvalue weighted by Gasteiger charge is -2.39. The molecule has 188 valence electrons. The first kappa shape index (κ1) is 27.1. The van der Waals surface area contributed by atoms with Crippen molar-refractivity contribution < 1.29 is 34.7 Å². The third kappa shape index (κ3) is 5.83. The molecule has 0 fully saturated rings. The number of carbonyl (C=O) groups is 1. The van der Waals surface area contributed by atoms with E-state index in [-0.39, 0.29) is 27.0 Å². The standard InChI is InChI=1S/C24H22ClF3O5S2/c25-17-7-8-18-32-23(29)24(27,28)35(30,31)33-34(20-9-3-1-4-10-20,21-11-5-2-6-12-21)22-15-13-19(26)14-16-22/h1-6,9-16H,7-8,17-18H2. The summed E-state index contributed by atoms with van der Waals surface area (Å²) in [6.45, 7) is -0.427. The normalized spacial score (nSPS) is 12.8. The van der Waals surface area contributed by atoms with Gasteiger partial charge in [-0.2, -0.15) is 17.2 Å². The zero-order valence-corrected chi connectivity index (χ0v) is 20.7. The van der Waals surface area contributed by atoms with Gasteiger partial charge in [0.15, 0.2) is 0 Å². The van der Waals surface area contributed by atoms with E-state index in [1.807, 2.05) is 0 Å². The molecule has 35 heavy (non-hydrogen) atoms. The smallest absolute Gasteiger partial charge is 0.460 e. The number of benzene rings is 3. The molecule has 11 heteroatoms. The second kappa shape index (κ2) is 11.5. The minimum Gasteiger partial charge on any atom is -0.460 e. The molecule has 0 radical (unpaired) electrons. The van der Waals surface area contributed by atoms with Gasteiger partial charge in [0, 0.05) is 20.6 Å². The molecule has 0 amide bonds. The van der Waals surface area contributed by atoms with E-state index >= 15 is 0 Å². The zero-order valence-electron chi connectivity index (χ0n) is 18.3. The summed E-state index contributed by atoms with van der Waals surface area (Å²) in [7, 11) is -9.32. The van der Waals surface area contributed by atoms with Gasteiger partial charge in [0.1, 0.15) is 5.82 Å². The summed E-state index contributed by atoms with van der Waals surface area (Å²) in [5, 5.41) is -5.00. The Morgan fingerprint density at radius 3 is 1.77 bits per heavy atom. The van der Waals surface area contributed by atoms with Gasteiger partial charge in [-0.1, -0.05) is 36.4 Å². The average Bonchev–Trinajstić information content (AvgIpc) is 2.86. The predicted octanol–water partition coefficient (Wildman–Crippen LogP) is 6.52. The molecule has 0 saturated carbocycles. The minimum atomic E-state index is -5.90. The van der Waals surface area contributed by atoms with Gasteiger partial charge in [-0.25, -0.2) is 12.8 Å². The molecule has 3 aromatic carbocycles. The van der Waals surface area contributed by atoms with Crippen LogP contribution >= 0.6 is 21.9 Å². The Labute approximate surface area is 208 Å². The molecule has 3 aromatic rings. The topological polar surface area (TPSA) is 69.7 Å². The first-order chi connectivity index (χ1) is 16.6. The van der Waals surface area contributed by atoms with Gasteiger partial charge in [0.25, 0.3) is 0 Å². The maximum atomic E-state index is 15.0. The van der Waals surface area contributed by atoms with Crippen LogP contribution < -0.4 is 0 Å². The van der Waals surface area contributed by atoms with E-state index in [9.17, 15) is 26.4 Å². The van der Waals surface area contributed by atoms with Crippen molar-refractivity contribution in [2.45, 2.75) is 32.8 Å². The first-order valence-electron chi connectivity index (χ1n) is 10.4. The molecule has 5 nitrogen and oxygen atoms in total. The van der Waals surface area contributed by atoms with Crippen LogP contribution in [-0.4, -0.2) is 32.1 Å². The van der Waals surface area contributed by atoms with Crippen LogP contribution in [0.25, 0.3) is 0 Å². The average molecular weight is 547 g/mol. The van der Waals surface area contributed by atoms with E-state index in [4.69, 9.17) is 15.2 Å². The van der Waals surface area contributed by atoms with E-state index < -0.39 is 44.1 Å². The number of rotatable bonds is 11. The SMILES string of the molecule is O=C(OCCCCCl)C(F)(F)S(=O)(=O)OS(c1ccccc1)(c1ccccc1)c1ccc(F)cc1. The van der Waals surface area contributed by atoms with Crippen molar-refractivity contribution in [1.82, 2.24) is 0 Å². The van der Waals surface area contributed by atoms with Crippen LogP contribution in [0.1, 0.15) is 12.8 Å². The van der Waals surface area contributed by atoms with Crippen molar-refractivity contribution >= 4 is 38.0 Å². The Balaban J connectivity index is 2.16. The summed E-state index contributed by atoms with van der Waals surface area (Å²) in [4.78, 5) is 12.7. The monoisotopic (exact) mass is 546 g/mol. The number of hydrogen-bond donors (Lipinski definition) is 0. The van der Waals surface area contributed by atoms with Crippen molar-refractivity contribution in [3.63, 3.8) is 0 Å². The lowest BCUT2D eigenvalue weighted by atomic mass is 10.3. The molecule has 0 unspecified atom stereocenters. The van der Waals surface area contributed by atoms with Gasteiger partial charge < -0.3 is 4.74 Å². The summed E-state index contributed by atoms with van der Waals surface area (Å²) >= 11 is 5.51. The Morgan fingerprint density at radius 2 is 1.29 bits per heavy atom. The van der Waals surface area contributed by atoms with Crippen molar-refractivity contribution in [2.75, 3.05) is 12.5 Å². The lowest BCUT2D eigenvalue weighted by molar-refractivity contribution is -0.161. The highest BCUT2D eigenvalue weighted by molar-refractivity contribution is 8.33. The highest BCUT2D eigenvalue weighted by Crippen LogP contribution is 2.70. The summed E-state index contributed by atoms with van der Waals surface area (Å²) in [6.07, 6.45) is 0.578. The molecule has 0 N–H and O–H groups in total. The summed E-state index contributed by atoms with van der Waals surface area (Å²) < 4.78 is 79.7. The van der Waals surface area contributed by atoms with Gasteiger partial charge in [0.05, 0.1) is 6.61 Å². The lowest BCUT2D eigenvalue weighted by Crippen LogP contribution is -2.41. The van der Waals surface area contributed by atoms with E-state index in [0.717, 1.165) is 12.1 Å². The van der Waals surface area contributed by atoms with Gasteiger partial charge in [-0.15, -0.1) is 11.6 Å². The van der Waals surface area contributed by atoms with Gasteiger partial charge in [-0.3, -0.25) is 0 Å². The molecule has 0 bridgehead atoms. The van der Waals surface area contributed by atoms with E-state index in [1.54, 1.807) is 36.4 Å². The molecular formula is C24H22ClF3O5S2. The Hall–Kier alpha value is -2.53.